The van der Waals surface area contributed by atoms with Gasteiger partial charge in [0.2, 0.25) is 5.91 Å². The van der Waals surface area contributed by atoms with E-state index in [-0.39, 0.29) is 18.0 Å². The maximum atomic E-state index is 12.5. The molecule has 154 valence electrons. The van der Waals surface area contributed by atoms with Crippen LogP contribution in [0.3, 0.4) is 0 Å². The topological polar surface area (TPSA) is 73.7 Å². The Bertz CT molecular complexity index is 814. The van der Waals surface area contributed by atoms with Crippen molar-refractivity contribution in [2.75, 3.05) is 19.7 Å². The van der Waals surface area contributed by atoms with Gasteiger partial charge in [-0.1, -0.05) is 18.2 Å². The third-order valence-electron chi connectivity index (χ3n) is 5.92. The van der Waals surface area contributed by atoms with E-state index >= 15 is 0 Å². The minimum absolute atomic E-state index is 0.106. The van der Waals surface area contributed by atoms with Gasteiger partial charge in [-0.25, -0.2) is 4.98 Å². The number of hydrogen-bond acceptors (Lipinski definition) is 5. The molecule has 0 aliphatic carbocycles. The number of aromatic nitrogens is 2. The Labute approximate surface area is 170 Å². The van der Waals surface area contributed by atoms with Gasteiger partial charge in [0.15, 0.2) is 0 Å². The van der Waals surface area contributed by atoms with Crippen LogP contribution in [0.25, 0.3) is 0 Å². The number of para-hydroxylation sites is 1. The SMILES string of the molecule is O=C(CCCOc1ccccc1)N1CCC2(CC1)CC(Cn1ccnc1)OC2=O. The zero-order valence-electron chi connectivity index (χ0n) is 16.5. The number of imidazole rings is 1. The Kier molecular flexibility index (Phi) is 5.83. The van der Waals surface area contributed by atoms with Crippen LogP contribution in [0.15, 0.2) is 49.1 Å². The number of benzene rings is 1. The molecule has 2 aliphatic rings. The number of carbonyl (C=O) groups excluding carboxylic acids is 2. The van der Waals surface area contributed by atoms with Crippen LogP contribution in [-0.4, -0.2) is 52.1 Å². The maximum absolute atomic E-state index is 12.5. The smallest absolute Gasteiger partial charge is 0.312 e. The molecule has 1 aromatic carbocycles. The molecular weight excluding hydrogens is 370 g/mol. The standard InChI is InChI=1S/C22H27N3O4/c26-20(7-4-14-28-18-5-2-1-3-6-18)25-11-8-22(9-12-25)15-19(29-21(22)27)16-24-13-10-23-17-24/h1-3,5-6,10,13,17,19H,4,7-9,11-12,14-16H2. The first-order chi connectivity index (χ1) is 14.1. The molecule has 3 heterocycles. The molecule has 2 aromatic rings. The van der Waals surface area contributed by atoms with E-state index in [1.165, 1.54) is 0 Å². The fourth-order valence-electron chi connectivity index (χ4n) is 4.25. The summed E-state index contributed by atoms with van der Waals surface area (Å²) in [6, 6.07) is 9.62. The molecule has 2 saturated heterocycles. The predicted octanol–water partition coefficient (Wildman–Crippen LogP) is 2.67. The summed E-state index contributed by atoms with van der Waals surface area (Å²) in [6.45, 7) is 2.39. The number of cyclic esters (lactones) is 1. The average molecular weight is 397 g/mol. The highest BCUT2D eigenvalue weighted by Gasteiger charge is 2.50. The van der Waals surface area contributed by atoms with Crippen LogP contribution in [-0.2, 0) is 20.9 Å². The van der Waals surface area contributed by atoms with Gasteiger partial charge in [-0.05, 0) is 31.4 Å². The number of piperidine rings is 1. The highest BCUT2D eigenvalue weighted by atomic mass is 16.6. The summed E-state index contributed by atoms with van der Waals surface area (Å²) in [5.74, 6) is 0.855. The third-order valence-corrected chi connectivity index (χ3v) is 5.92. The molecule has 1 atom stereocenters. The molecule has 0 saturated carbocycles. The number of amides is 1. The van der Waals surface area contributed by atoms with E-state index in [0.717, 1.165) is 12.2 Å². The van der Waals surface area contributed by atoms with Crippen molar-refractivity contribution in [3.05, 3.63) is 49.1 Å². The van der Waals surface area contributed by atoms with Crippen molar-refractivity contribution in [2.24, 2.45) is 5.41 Å². The van der Waals surface area contributed by atoms with Gasteiger partial charge in [-0.15, -0.1) is 0 Å². The first kappa shape index (κ1) is 19.5. The molecular formula is C22H27N3O4. The van der Waals surface area contributed by atoms with Crippen LogP contribution >= 0.6 is 0 Å². The lowest BCUT2D eigenvalue weighted by molar-refractivity contribution is -0.152. The molecule has 1 unspecified atom stereocenters. The zero-order chi connectivity index (χ0) is 20.1. The van der Waals surface area contributed by atoms with Gasteiger partial charge >= 0.3 is 5.97 Å². The van der Waals surface area contributed by atoms with Crippen molar-refractivity contribution in [1.82, 2.24) is 14.5 Å². The molecule has 1 aromatic heterocycles. The van der Waals surface area contributed by atoms with Gasteiger partial charge in [0.1, 0.15) is 11.9 Å². The van der Waals surface area contributed by atoms with Crippen molar-refractivity contribution in [3.8, 4) is 5.75 Å². The van der Waals surface area contributed by atoms with E-state index in [0.29, 0.717) is 51.9 Å². The van der Waals surface area contributed by atoms with E-state index < -0.39 is 5.41 Å². The van der Waals surface area contributed by atoms with E-state index in [4.69, 9.17) is 9.47 Å². The Morgan fingerprint density at radius 3 is 2.76 bits per heavy atom. The van der Waals surface area contributed by atoms with E-state index in [1.54, 1.807) is 12.5 Å². The number of nitrogens with zero attached hydrogens (tertiary/aromatic N) is 3. The second-order valence-electron chi connectivity index (χ2n) is 7.92. The normalized spacial score (nSPS) is 20.6. The van der Waals surface area contributed by atoms with Crippen LogP contribution in [0.5, 0.6) is 5.75 Å². The van der Waals surface area contributed by atoms with Crippen LogP contribution in [0.2, 0.25) is 0 Å². The van der Waals surface area contributed by atoms with E-state index in [9.17, 15) is 9.59 Å². The second kappa shape index (κ2) is 8.68. The fraction of sp³-hybridized carbons (Fsp3) is 0.500. The van der Waals surface area contributed by atoms with Crippen molar-refractivity contribution in [3.63, 3.8) is 0 Å². The molecule has 0 bridgehead atoms. The summed E-state index contributed by atoms with van der Waals surface area (Å²) in [5, 5.41) is 0. The molecule has 2 aliphatic heterocycles. The third kappa shape index (κ3) is 4.60. The minimum Gasteiger partial charge on any atom is -0.494 e. The predicted molar refractivity (Wildman–Crippen MR) is 106 cm³/mol. The molecule has 4 rings (SSSR count). The van der Waals surface area contributed by atoms with Gasteiger partial charge in [-0.2, -0.15) is 0 Å². The average Bonchev–Trinajstić information content (AvgIpc) is 3.35. The summed E-state index contributed by atoms with van der Waals surface area (Å²) >= 11 is 0. The maximum Gasteiger partial charge on any atom is 0.312 e. The summed E-state index contributed by atoms with van der Waals surface area (Å²) < 4.78 is 13.2. The largest absolute Gasteiger partial charge is 0.494 e. The number of likely N-dealkylation sites (tertiary alicyclic amines) is 1. The van der Waals surface area contributed by atoms with Gasteiger partial charge in [0, 0.05) is 38.3 Å². The highest BCUT2D eigenvalue weighted by molar-refractivity contribution is 5.80. The molecule has 1 spiro atoms. The van der Waals surface area contributed by atoms with Gasteiger partial charge in [0.25, 0.3) is 0 Å². The molecule has 7 nitrogen and oxygen atoms in total. The number of carbonyl (C=O) groups is 2. The molecule has 2 fully saturated rings. The Balaban J connectivity index is 1.20. The fourth-order valence-corrected chi connectivity index (χ4v) is 4.25. The Morgan fingerprint density at radius 1 is 1.24 bits per heavy atom. The molecule has 0 radical (unpaired) electrons. The molecule has 7 heteroatoms. The molecule has 29 heavy (non-hydrogen) atoms. The van der Waals surface area contributed by atoms with Crippen LogP contribution < -0.4 is 4.74 Å². The van der Waals surface area contributed by atoms with Crippen LogP contribution in [0.1, 0.15) is 32.1 Å². The quantitative estimate of drug-likeness (QED) is 0.530. The van der Waals surface area contributed by atoms with E-state index in [1.807, 2.05) is 46.0 Å². The van der Waals surface area contributed by atoms with E-state index in [2.05, 4.69) is 4.98 Å². The first-order valence-electron chi connectivity index (χ1n) is 10.3. The van der Waals surface area contributed by atoms with Crippen molar-refractivity contribution in [1.29, 1.82) is 0 Å². The van der Waals surface area contributed by atoms with Gasteiger partial charge in [-0.3, -0.25) is 9.59 Å². The van der Waals surface area contributed by atoms with Crippen molar-refractivity contribution >= 4 is 11.9 Å². The minimum atomic E-state index is -0.432. The summed E-state index contributed by atoms with van der Waals surface area (Å²) in [7, 11) is 0. The second-order valence-corrected chi connectivity index (χ2v) is 7.92. The zero-order valence-corrected chi connectivity index (χ0v) is 16.5. The lowest BCUT2D eigenvalue weighted by atomic mass is 9.76. The van der Waals surface area contributed by atoms with Gasteiger partial charge < -0.3 is 18.9 Å². The number of esters is 1. The van der Waals surface area contributed by atoms with Crippen molar-refractivity contribution in [2.45, 2.75) is 44.8 Å². The number of hydrogen-bond donors (Lipinski definition) is 0. The summed E-state index contributed by atoms with van der Waals surface area (Å²) in [5.41, 5.74) is -0.432. The molecule has 0 N–H and O–H groups in total. The van der Waals surface area contributed by atoms with Gasteiger partial charge in [0.05, 0.1) is 24.9 Å². The van der Waals surface area contributed by atoms with Crippen molar-refractivity contribution < 1.29 is 19.1 Å². The lowest BCUT2D eigenvalue weighted by Crippen LogP contribution is -2.45. The summed E-state index contributed by atoms with van der Waals surface area (Å²) in [4.78, 5) is 31.0. The summed E-state index contributed by atoms with van der Waals surface area (Å²) in [6.07, 6.45) is 8.45. The lowest BCUT2D eigenvalue weighted by Gasteiger charge is -2.36. The van der Waals surface area contributed by atoms with Crippen LogP contribution in [0, 0.1) is 5.41 Å². The Morgan fingerprint density at radius 2 is 2.03 bits per heavy atom. The highest BCUT2D eigenvalue weighted by Crippen LogP contribution is 2.43. The monoisotopic (exact) mass is 397 g/mol. The first-order valence-corrected chi connectivity index (χ1v) is 10.3. The Hall–Kier alpha value is -2.83. The molecule has 1 amide bonds. The number of rotatable bonds is 7. The number of ether oxygens (including phenoxy) is 2. The van der Waals surface area contributed by atoms with Crippen LogP contribution in [0.4, 0.5) is 0 Å².